The Labute approximate surface area is 128 Å². The number of nitrogens with zero attached hydrogens (tertiary/aromatic N) is 2. The molecular formula is C16H18N2O4. The average molecular weight is 302 g/mol. The predicted octanol–water partition coefficient (Wildman–Crippen LogP) is 0.677. The number of hydrogen-bond donors (Lipinski definition) is 0. The Morgan fingerprint density at radius 1 is 1.09 bits per heavy atom. The molecule has 2 heterocycles. The first-order valence-electron chi connectivity index (χ1n) is 7.46. The normalized spacial score (nSPS) is 22.0. The molecule has 0 N–H and O–H groups in total. The monoisotopic (exact) mass is 302 g/mol. The Morgan fingerprint density at radius 3 is 2.45 bits per heavy atom. The molecule has 0 radical (unpaired) electrons. The Morgan fingerprint density at radius 2 is 1.77 bits per heavy atom. The standard InChI is InChI=1S/C16H18N2O4/c19-14-7-6-13(16(21)17-8-10-22-11-9-17)18(14)15(20)12-4-2-1-3-5-12/h1-5,13H,6-11H2/t13-/m0/s1. The van der Waals surface area contributed by atoms with E-state index in [2.05, 4.69) is 0 Å². The number of rotatable bonds is 2. The number of imide groups is 1. The van der Waals surface area contributed by atoms with Crippen molar-refractivity contribution in [3.8, 4) is 0 Å². The van der Waals surface area contributed by atoms with Gasteiger partial charge in [0.05, 0.1) is 13.2 Å². The zero-order valence-electron chi connectivity index (χ0n) is 12.2. The molecule has 3 rings (SSSR count). The smallest absolute Gasteiger partial charge is 0.261 e. The Bertz CT molecular complexity index is 581. The molecule has 22 heavy (non-hydrogen) atoms. The number of hydrogen-bond acceptors (Lipinski definition) is 4. The first-order valence-corrected chi connectivity index (χ1v) is 7.46. The number of carbonyl (C=O) groups excluding carboxylic acids is 3. The first-order chi connectivity index (χ1) is 10.7. The van der Waals surface area contributed by atoms with Crippen molar-refractivity contribution in [3.05, 3.63) is 35.9 Å². The van der Waals surface area contributed by atoms with E-state index in [9.17, 15) is 14.4 Å². The van der Waals surface area contributed by atoms with Crippen molar-refractivity contribution < 1.29 is 19.1 Å². The second-order valence-corrected chi connectivity index (χ2v) is 5.43. The Balaban J connectivity index is 1.80. The minimum absolute atomic E-state index is 0.154. The highest BCUT2D eigenvalue weighted by Crippen LogP contribution is 2.23. The Kier molecular flexibility index (Phi) is 4.20. The molecule has 2 aliphatic heterocycles. The fraction of sp³-hybridized carbons (Fsp3) is 0.438. The van der Waals surface area contributed by atoms with Crippen molar-refractivity contribution in [2.75, 3.05) is 26.3 Å². The maximum atomic E-state index is 12.6. The van der Waals surface area contributed by atoms with Crippen LogP contribution < -0.4 is 0 Å². The van der Waals surface area contributed by atoms with Crippen molar-refractivity contribution in [2.24, 2.45) is 0 Å². The van der Waals surface area contributed by atoms with Gasteiger partial charge in [0.25, 0.3) is 5.91 Å². The molecular weight excluding hydrogens is 284 g/mol. The van der Waals surface area contributed by atoms with Gasteiger partial charge in [0.15, 0.2) is 0 Å². The third kappa shape index (κ3) is 2.74. The number of likely N-dealkylation sites (tertiary alicyclic amines) is 1. The second kappa shape index (κ2) is 6.27. The van der Waals surface area contributed by atoms with Gasteiger partial charge < -0.3 is 9.64 Å². The van der Waals surface area contributed by atoms with E-state index >= 15 is 0 Å². The maximum absolute atomic E-state index is 12.6. The molecule has 1 aromatic rings. The van der Waals surface area contributed by atoms with Gasteiger partial charge in [-0.05, 0) is 18.6 Å². The summed E-state index contributed by atoms with van der Waals surface area (Å²) in [5, 5.41) is 0. The lowest BCUT2D eigenvalue weighted by Gasteiger charge is -2.31. The number of morpholine rings is 1. The highest BCUT2D eigenvalue weighted by atomic mass is 16.5. The molecule has 2 fully saturated rings. The number of benzene rings is 1. The van der Waals surface area contributed by atoms with E-state index in [1.54, 1.807) is 35.2 Å². The summed E-state index contributed by atoms with van der Waals surface area (Å²) >= 11 is 0. The molecule has 0 bridgehead atoms. The zero-order valence-corrected chi connectivity index (χ0v) is 12.2. The van der Waals surface area contributed by atoms with Gasteiger partial charge in [-0.3, -0.25) is 19.3 Å². The van der Waals surface area contributed by atoms with Crippen molar-refractivity contribution in [1.82, 2.24) is 9.80 Å². The molecule has 0 saturated carbocycles. The summed E-state index contributed by atoms with van der Waals surface area (Å²) < 4.78 is 5.24. The third-order valence-electron chi connectivity index (χ3n) is 4.06. The minimum Gasteiger partial charge on any atom is -0.378 e. The van der Waals surface area contributed by atoms with Crippen LogP contribution in [0.3, 0.4) is 0 Å². The molecule has 116 valence electrons. The zero-order chi connectivity index (χ0) is 15.5. The quantitative estimate of drug-likeness (QED) is 0.753. The summed E-state index contributed by atoms with van der Waals surface area (Å²) in [4.78, 5) is 40.1. The van der Waals surface area contributed by atoms with Crippen LogP contribution in [0, 0.1) is 0 Å². The number of carbonyl (C=O) groups is 3. The van der Waals surface area contributed by atoms with Crippen LogP contribution in [0.1, 0.15) is 23.2 Å². The summed E-state index contributed by atoms with van der Waals surface area (Å²) in [6, 6.07) is 7.92. The topological polar surface area (TPSA) is 66.9 Å². The van der Waals surface area contributed by atoms with Crippen LogP contribution in [0.4, 0.5) is 0 Å². The highest BCUT2D eigenvalue weighted by molar-refractivity contribution is 6.09. The molecule has 6 heteroatoms. The van der Waals surface area contributed by atoms with Gasteiger partial charge in [0, 0.05) is 25.1 Å². The molecule has 0 aliphatic carbocycles. The minimum atomic E-state index is -0.682. The average Bonchev–Trinajstić information content (AvgIpc) is 2.96. The van der Waals surface area contributed by atoms with Gasteiger partial charge in [0.1, 0.15) is 6.04 Å². The maximum Gasteiger partial charge on any atom is 0.261 e. The van der Waals surface area contributed by atoms with Crippen LogP contribution in [0.2, 0.25) is 0 Å². The fourth-order valence-corrected chi connectivity index (χ4v) is 2.89. The van der Waals surface area contributed by atoms with Crippen LogP contribution in [0.25, 0.3) is 0 Å². The summed E-state index contributed by atoms with van der Waals surface area (Å²) in [7, 11) is 0. The lowest BCUT2D eigenvalue weighted by molar-refractivity contribution is -0.142. The van der Waals surface area contributed by atoms with Crippen molar-refractivity contribution in [3.63, 3.8) is 0 Å². The van der Waals surface area contributed by atoms with E-state index in [-0.39, 0.29) is 18.2 Å². The van der Waals surface area contributed by atoms with Gasteiger partial charge in [-0.15, -0.1) is 0 Å². The number of ether oxygens (including phenoxy) is 1. The Hall–Kier alpha value is -2.21. The molecule has 6 nitrogen and oxygen atoms in total. The van der Waals surface area contributed by atoms with Gasteiger partial charge in [-0.25, -0.2) is 0 Å². The molecule has 0 unspecified atom stereocenters. The van der Waals surface area contributed by atoms with Gasteiger partial charge in [-0.2, -0.15) is 0 Å². The van der Waals surface area contributed by atoms with Crippen LogP contribution in [0.5, 0.6) is 0 Å². The first kappa shape index (κ1) is 14.7. The molecule has 2 aliphatic rings. The second-order valence-electron chi connectivity index (χ2n) is 5.43. The molecule has 1 atom stereocenters. The van der Waals surface area contributed by atoms with E-state index in [1.165, 1.54) is 0 Å². The van der Waals surface area contributed by atoms with Crippen LogP contribution >= 0.6 is 0 Å². The molecule has 1 aromatic carbocycles. The summed E-state index contributed by atoms with van der Waals surface area (Å²) in [5.74, 6) is -0.825. The van der Waals surface area contributed by atoms with Gasteiger partial charge in [0.2, 0.25) is 11.8 Å². The molecule has 0 spiro atoms. The number of amides is 3. The summed E-state index contributed by atoms with van der Waals surface area (Å²) in [6.45, 7) is 2.02. The van der Waals surface area contributed by atoms with Gasteiger partial charge >= 0.3 is 0 Å². The molecule has 0 aromatic heterocycles. The highest BCUT2D eigenvalue weighted by Gasteiger charge is 2.42. The summed E-state index contributed by atoms with van der Waals surface area (Å²) in [5.41, 5.74) is 0.428. The lowest BCUT2D eigenvalue weighted by atomic mass is 10.1. The predicted molar refractivity (Wildman–Crippen MR) is 78.0 cm³/mol. The SMILES string of the molecule is O=C([C@@H]1CCC(=O)N1C(=O)c1ccccc1)N1CCOCC1. The van der Waals surface area contributed by atoms with Crippen molar-refractivity contribution in [2.45, 2.75) is 18.9 Å². The van der Waals surface area contributed by atoms with E-state index in [0.717, 1.165) is 4.90 Å². The van der Waals surface area contributed by atoms with Crippen molar-refractivity contribution in [1.29, 1.82) is 0 Å². The van der Waals surface area contributed by atoms with Gasteiger partial charge in [-0.1, -0.05) is 18.2 Å². The molecule has 3 amide bonds. The van der Waals surface area contributed by atoms with E-state index in [0.29, 0.717) is 38.3 Å². The molecule has 2 saturated heterocycles. The summed E-state index contributed by atoms with van der Waals surface area (Å²) in [6.07, 6.45) is 0.632. The van der Waals surface area contributed by atoms with Crippen LogP contribution in [-0.4, -0.2) is 59.9 Å². The largest absolute Gasteiger partial charge is 0.378 e. The lowest BCUT2D eigenvalue weighted by Crippen LogP contribution is -2.51. The van der Waals surface area contributed by atoms with E-state index in [4.69, 9.17) is 4.74 Å². The van der Waals surface area contributed by atoms with Crippen molar-refractivity contribution >= 4 is 17.7 Å². The van der Waals surface area contributed by atoms with E-state index < -0.39 is 11.9 Å². The van der Waals surface area contributed by atoms with E-state index in [1.807, 2.05) is 0 Å². The third-order valence-corrected chi connectivity index (χ3v) is 4.06. The fourth-order valence-electron chi connectivity index (χ4n) is 2.89. The van der Waals surface area contributed by atoms with Crippen LogP contribution in [-0.2, 0) is 14.3 Å². The van der Waals surface area contributed by atoms with Crippen LogP contribution in [0.15, 0.2) is 30.3 Å².